The highest BCUT2D eigenvalue weighted by Gasteiger charge is 2.49. The summed E-state index contributed by atoms with van der Waals surface area (Å²) in [6.07, 6.45) is 4.10. The molecule has 3 unspecified atom stereocenters. The van der Waals surface area contributed by atoms with Crippen molar-refractivity contribution in [3.63, 3.8) is 0 Å². The first kappa shape index (κ1) is 9.62. The number of hydrogen-bond acceptors (Lipinski definition) is 1. The lowest BCUT2D eigenvalue weighted by molar-refractivity contribution is 0.217. The zero-order chi connectivity index (χ0) is 11.7. The third-order valence-electron chi connectivity index (χ3n) is 5.52. The summed E-state index contributed by atoms with van der Waals surface area (Å²) in [6, 6.07) is 9.69. The van der Waals surface area contributed by atoms with Gasteiger partial charge in [0.25, 0.3) is 0 Å². The molecule has 1 N–H and O–H groups in total. The number of piperidine rings is 1. The van der Waals surface area contributed by atoms with Crippen LogP contribution < -0.4 is 0 Å². The minimum Gasteiger partial charge on any atom is -0.358 e. The van der Waals surface area contributed by atoms with Gasteiger partial charge in [-0.15, -0.1) is 0 Å². The van der Waals surface area contributed by atoms with Crippen molar-refractivity contribution in [1.82, 2.24) is 9.88 Å². The van der Waals surface area contributed by atoms with E-state index < -0.39 is 0 Å². The molecule has 5 rings (SSSR count). The fraction of sp³-hybridized carbons (Fsp3) is 0.500. The monoisotopic (exact) mass is 238 g/mol. The summed E-state index contributed by atoms with van der Waals surface area (Å²) in [5, 5.41) is 1.47. The Morgan fingerprint density at radius 3 is 3.11 bits per heavy atom. The molecule has 4 atom stereocenters. The van der Waals surface area contributed by atoms with E-state index in [1.54, 1.807) is 11.3 Å². The lowest BCUT2D eigenvalue weighted by Gasteiger charge is -2.25. The molecule has 1 aromatic heterocycles. The highest BCUT2D eigenvalue weighted by Crippen LogP contribution is 2.51. The lowest BCUT2D eigenvalue weighted by Crippen LogP contribution is -2.33. The van der Waals surface area contributed by atoms with Gasteiger partial charge in [-0.3, -0.25) is 4.90 Å². The van der Waals surface area contributed by atoms with Crippen LogP contribution in [0.4, 0.5) is 0 Å². The fourth-order valence-electron chi connectivity index (χ4n) is 4.82. The molecule has 1 aromatic carbocycles. The Morgan fingerprint density at radius 1 is 1.17 bits per heavy atom. The van der Waals surface area contributed by atoms with Crippen molar-refractivity contribution >= 4 is 10.9 Å². The Balaban J connectivity index is 1.79. The molecule has 0 amide bonds. The number of aromatic nitrogens is 1. The van der Waals surface area contributed by atoms with Crippen molar-refractivity contribution in [2.45, 2.75) is 31.2 Å². The third-order valence-corrected chi connectivity index (χ3v) is 5.52. The van der Waals surface area contributed by atoms with Crippen LogP contribution in [0.15, 0.2) is 24.3 Å². The Morgan fingerprint density at radius 2 is 2.11 bits per heavy atom. The summed E-state index contributed by atoms with van der Waals surface area (Å²) >= 11 is 0. The molecule has 0 radical (unpaired) electrons. The Hall–Kier alpha value is -1.28. The van der Waals surface area contributed by atoms with Crippen LogP contribution in [0.1, 0.15) is 30.0 Å². The Bertz CT molecular complexity index is 627. The van der Waals surface area contributed by atoms with Crippen molar-refractivity contribution in [1.29, 1.82) is 0 Å². The molecular weight excluding hydrogens is 220 g/mol. The van der Waals surface area contributed by atoms with Crippen molar-refractivity contribution < 1.29 is 0 Å². The van der Waals surface area contributed by atoms with Crippen LogP contribution in [0.25, 0.3) is 10.9 Å². The van der Waals surface area contributed by atoms with E-state index in [4.69, 9.17) is 0 Å². The summed E-state index contributed by atoms with van der Waals surface area (Å²) in [7, 11) is 0. The highest BCUT2D eigenvalue weighted by atomic mass is 15.2. The number of hydrogen-bond donors (Lipinski definition) is 1. The summed E-state index contributed by atoms with van der Waals surface area (Å²) < 4.78 is 0. The van der Waals surface area contributed by atoms with E-state index in [0.717, 1.165) is 17.9 Å². The second-order valence-corrected chi connectivity index (χ2v) is 6.24. The van der Waals surface area contributed by atoms with Gasteiger partial charge in [0, 0.05) is 41.6 Å². The number of H-pyrrole nitrogens is 1. The average Bonchev–Trinajstić information content (AvgIpc) is 3.01. The van der Waals surface area contributed by atoms with Crippen molar-refractivity contribution in [2.24, 2.45) is 5.92 Å². The number of nitrogens with one attached hydrogen (secondary N) is 1. The van der Waals surface area contributed by atoms with Gasteiger partial charge in [-0.05, 0) is 36.8 Å². The predicted molar refractivity (Wildman–Crippen MR) is 72.8 cm³/mol. The summed E-state index contributed by atoms with van der Waals surface area (Å²) in [6.45, 7) is 2.62. The van der Waals surface area contributed by atoms with Crippen molar-refractivity contribution in [2.75, 3.05) is 13.1 Å². The van der Waals surface area contributed by atoms with Crippen LogP contribution in [0.3, 0.4) is 0 Å². The number of rotatable bonds is 0. The van der Waals surface area contributed by atoms with Crippen LogP contribution in [-0.4, -0.2) is 29.0 Å². The zero-order valence-electron chi connectivity index (χ0n) is 10.5. The van der Waals surface area contributed by atoms with Gasteiger partial charge in [-0.2, -0.15) is 0 Å². The zero-order valence-corrected chi connectivity index (χ0v) is 10.5. The minimum atomic E-state index is 0.801. The maximum absolute atomic E-state index is 3.76. The first-order valence-electron chi connectivity index (χ1n) is 7.25. The van der Waals surface area contributed by atoms with E-state index in [1.165, 1.54) is 43.3 Å². The van der Waals surface area contributed by atoms with Crippen LogP contribution in [0, 0.1) is 5.92 Å². The number of benzene rings is 1. The quantitative estimate of drug-likeness (QED) is 0.747. The van der Waals surface area contributed by atoms with E-state index in [0.29, 0.717) is 0 Å². The summed E-state index contributed by atoms with van der Waals surface area (Å²) in [5.41, 5.74) is 4.56. The van der Waals surface area contributed by atoms with E-state index in [-0.39, 0.29) is 0 Å². The maximum Gasteiger partial charge on any atom is 0.0459 e. The molecule has 2 aromatic rings. The fourth-order valence-corrected chi connectivity index (χ4v) is 4.82. The standard InChI is InChI=1S/C16H18N2/c1-2-4-13-11(3-1)12-7-8-18-9-10-5-6-14(18)15(10)16(12)17-13/h1-4,10,14-15,17H,5-9H2/t10?,14?,15-/m1/s1. The Labute approximate surface area is 107 Å². The molecule has 92 valence electrons. The molecule has 3 aliphatic rings. The van der Waals surface area contributed by atoms with Crippen molar-refractivity contribution in [3.8, 4) is 0 Å². The van der Waals surface area contributed by atoms with Crippen LogP contribution in [0.2, 0.25) is 0 Å². The van der Waals surface area contributed by atoms with Gasteiger partial charge in [0.15, 0.2) is 0 Å². The van der Waals surface area contributed by atoms with Gasteiger partial charge in [-0.1, -0.05) is 18.2 Å². The second-order valence-electron chi connectivity index (χ2n) is 6.24. The van der Waals surface area contributed by atoms with Gasteiger partial charge in [0.05, 0.1) is 0 Å². The first-order valence-corrected chi connectivity index (χ1v) is 7.25. The van der Waals surface area contributed by atoms with Gasteiger partial charge < -0.3 is 4.98 Å². The molecular formula is C16H18N2. The maximum atomic E-state index is 3.76. The molecule has 4 bridgehead atoms. The molecule has 1 aliphatic carbocycles. The molecule has 1 saturated heterocycles. The van der Waals surface area contributed by atoms with Crippen LogP contribution in [-0.2, 0) is 6.42 Å². The second kappa shape index (κ2) is 3.18. The molecule has 3 heterocycles. The van der Waals surface area contributed by atoms with E-state index in [1.807, 2.05) is 0 Å². The topological polar surface area (TPSA) is 19.0 Å². The normalized spacial score (nSPS) is 36.9. The SMILES string of the molecule is c1ccc2c3c([nH]c2c1)[C@@H]1C2CCC1N(CC3)C2. The number of nitrogens with zero attached hydrogens (tertiary/aromatic N) is 1. The summed E-state index contributed by atoms with van der Waals surface area (Å²) in [5.74, 6) is 1.72. The molecule has 2 nitrogen and oxygen atoms in total. The minimum absolute atomic E-state index is 0.801. The van der Waals surface area contributed by atoms with Gasteiger partial charge in [0.1, 0.15) is 0 Å². The largest absolute Gasteiger partial charge is 0.358 e. The third kappa shape index (κ3) is 1.04. The molecule has 2 aliphatic heterocycles. The number of fused-ring (bicyclic) bond motifs is 3. The molecule has 18 heavy (non-hydrogen) atoms. The number of aromatic amines is 1. The molecule has 1 saturated carbocycles. The van der Waals surface area contributed by atoms with Gasteiger partial charge in [0.2, 0.25) is 0 Å². The molecule has 0 spiro atoms. The molecule has 2 fully saturated rings. The lowest BCUT2D eigenvalue weighted by atomic mass is 9.91. The predicted octanol–water partition coefficient (Wildman–Crippen LogP) is 2.90. The smallest absolute Gasteiger partial charge is 0.0459 e. The first-order chi connectivity index (χ1) is 8.92. The number of para-hydroxylation sites is 1. The van der Waals surface area contributed by atoms with Crippen LogP contribution >= 0.6 is 0 Å². The van der Waals surface area contributed by atoms with Gasteiger partial charge >= 0.3 is 0 Å². The van der Waals surface area contributed by atoms with Crippen LogP contribution in [0.5, 0.6) is 0 Å². The highest BCUT2D eigenvalue weighted by molar-refractivity contribution is 5.85. The van der Waals surface area contributed by atoms with Crippen molar-refractivity contribution in [3.05, 3.63) is 35.5 Å². The average molecular weight is 238 g/mol. The molecule has 2 heteroatoms. The van der Waals surface area contributed by atoms with E-state index >= 15 is 0 Å². The van der Waals surface area contributed by atoms with E-state index in [2.05, 4.69) is 34.1 Å². The summed E-state index contributed by atoms with van der Waals surface area (Å²) in [4.78, 5) is 6.51. The van der Waals surface area contributed by atoms with Gasteiger partial charge in [-0.25, -0.2) is 0 Å². The van der Waals surface area contributed by atoms with E-state index in [9.17, 15) is 0 Å². The Kier molecular flexibility index (Phi) is 1.70.